The fraction of sp³-hybridized carbons (Fsp3) is 0.278. The summed E-state index contributed by atoms with van der Waals surface area (Å²) in [5.74, 6) is -0.232. The molecule has 1 atom stereocenters. The van der Waals surface area contributed by atoms with Crippen LogP contribution in [0.1, 0.15) is 41.5 Å². The minimum Gasteiger partial charge on any atom is -0.479 e. The zero-order valence-corrected chi connectivity index (χ0v) is 12.0. The fourth-order valence-corrected chi connectivity index (χ4v) is 2.59. The molecule has 108 valence electrons. The molecule has 2 N–H and O–H groups in total. The number of aliphatic carboxylic acids is 1. The van der Waals surface area contributed by atoms with Crippen molar-refractivity contribution in [2.45, 2.75) is 31.7 Å². The van der Waals surface area contributed by atoms with Crippen LogP contribution >= 0.6 is 0 Å². The first-order valence-corrected chi connectivity index (χ1v) is 7.30. The second-order valence-electron chi connectivity index (χ2n) is 5.67. The molecule has 0 aromatic heterocycles. The Balaban J connectivity index is 1.89. The predicted octanol–water partition coefficient (Wildman–Crippen LogP) is 4.11. The van der Waals surface area contributed by atoms with Gasteiger partial charge in [0, 0.05) is 5.69 Å². The number of hydrogen-bond acceptors (Lipinski definition) is 2. The van der Waals surface area contributed by atoms with Gasteiger partial charge in [-0.1, -0.05) is 42.5 Å². The number of carbonyl (C=O) groups is 1. The van der Waals surface area contributed by atoms with E-state index in [0.29, 0.717) is 5.92 Å². The van der Waals surface area contributed by atoms with E-state index < -0.39 is 12.0 Å². The van der Waals surface area contributed by atoms with Crippen molar-refractivity contribution >= 4 is 11.7 Å². The number of benzene rings is 2. The molecule has 0 saturated heterocycles. The highest BCUT2D eigenvalue weighted by molar-refractivity contribution is 5.79. The van der Waals surface area contributed by atoms with E-state index in [1.165, 1.54) is 18.4 Å². The second-order valence-corrected chi connectivity index (χ2v) is 5.67. The van der Waals surface area contributed by atoms with Gasteiger partial charge in [-0.2, -0.15) is 0 Å². The maximum atomic E-state index is 11.6. The quantitative estimate of drug-likeness (QED) is 0.867. The van der Waals surface area contributed by atoms with E-state index in [1.54, 1.807) is 0 Å². The number of carboxylic acid groups (broad SMARTS) is 1. The molecule has 0 bridgehead atoms. The van der Waals surface area contributed by atoms with Gasteiger partial charge in [-0.05, 0) is 48.4 Å². The van der Waals surface area contributed by atoms with Crippen LogP contribution in [0.15, 0.2) is 48.5 Å². The third-order valence-electron chi connectivity index (χ3n) is 3.98. The number of carboxylic acids is 1. The summed E-state index contributed by atoms with van der Waals surface area (Å²) >= 11 is 0. The number of aryl methyl sites for hydroxylation is 1. The fourth-order valence-electron chi connectivity index (χ4n) is 2.59. The Morgan fingerprint density at radius 3 is 2.62 bits per heavy atom. The summed E-state index contributed by atoms with van der Waals surface area (Å²) in [5.41, 5.74) is 3.98. The lowest BCUT2D eigenvalue weighted by Crippen LogP contribution is -2.21. The molecule has 0 aliphatic heterocycles. The van der Waals surface area contributed by atoms with Gasteiger partial charge in [-0.15, -0.1) is 0 Å². The minimum atomic E-state index is -0.855. The van der Waals surface area contributed by atoms with Crippen molar-refractivity contribution in [3.05, 3.63) is 65.2 Å². The largest absolute Gasteiger partial charge is 0.479 e. The lowest BCUT2D eigenvalue weighted by atomic mass is 10.0. The van der Waals surface area contributed by atoms with Crippen molar-refractivity contribution < 1.29 is 9.90 Å². The van der Waals surface area contributed by atoms with Gasteiger partial charge in [-0.3, -0.25) is 0 Å². The van der Waals surface area contributed by atoms with Gasteiger partial charge in [0.1, 0.15) is 0 Å². The van der Waals surface area contributed by atoms with Crippen LogP contribution in [0.5, 0.6) is 0 Å². The zero-order valence-electron chi connectivity index (χ0n) is 12.0. The first kappa shape index (κ1) is 13.7. The third-order valence-corrected chi connectivity index (χ3v) is 3.98. The molecule has 3 rings (SSSR count). The van der Waals surface area contributed by atoms with Crippen molar-refractivity contribution in [1.82, 2.24) is 0 Å². The lowest BCUT2D eigenvalue weighted by molar-refractivity contribution is -0.138. The average Bonchev–Trinajstić information content (AvgIpc) is 3.31. The smallest absolute Gasteiger partial charge is 0.330 e. The summed E-state index contributed by atoms with van der Waals surface area (Å²) in [7, 11) is 0. The molecular weight excluding hydrogens is 262 g/mol. The monoisotopic (exact) mass is 281 g/mol. The molecule has 1 aliphatic rings. The Labute approximate surface area is 124 Å². The normalized spacial score (nSPS) is 15.5. The van der Waals surface area contributed by atoms with Crippen LogP contribution in [-0.4, -0.2) is 11.1 Å². The Hall–Kier alpha value is -2.29. The van der Waals surface area contributed by atoms with E-state index in [2.05, 4.69) is 11.4 Å². The van der Waals surface area contributed by atoms with Crippen molar-refractivity contribution in [3.63, 3.8) is 0 Å². The zero-order chi connectivity index (χ0) is 14.8. The molecule has 1 saturated carbocycles. The highest BCUT2D eigenvalue weighted by Gasteiger charge is 2.26. The van der Waals surface area contributed by atoms with E-state index in [4.69, 9.17) is 0 Å². The molecule has 1 aliphatic carbocycles. The lowest BCUT2D eigenvalue weighted by Gasteiger charge is -2.18. The number of anilines is 1. The molecule has 0 spiro atoms. The Kier molecular flexibility index (Phi) is 3.65. The summed E-state index contributed by atoms with van der Waals surface area (Å²) in [6.45, 7) is 1.97. The first-order chi connectivity index (χ1) is 10.1. The average molecular weight is 281 g/mol. The summed E-state index contributed by atoms with van der Waals surface area (Å²) in [4.78, 5) is 11.6. The van der Waals surface area contributed by atoms with Crippen LogP contribution in [0.25, 0.3) is 0 Å². The van der Waals surface area contributed by atoms with Gasteiger partial charge in [-0.25, -0.2) is 4.79 Å². The third kappa shape index (κ3) is 3.07. The predicted molar refractivity (Wildman–Crippen MR) is 83.6 cm³/mol. The Morgan fingerprint density at radius 2 is 1.95 bits per heavy atom. The molecule has 1 fully saturated rings. The van der Waals surface area contributed by atoms with Crippen molar-refractivity contribution in [1.29, 1.82) is 0 Å². The van der Waals surface area contributed by atoms with Gasteiger partial charge in [0.2, 0.25) is 0 Å². The molecule has 3 nitrogen and oxygen atoms in total. The van der Waals surface area contributed by atoms with Crippen LogP contribution < -0.4 is 5.32 Å². The second kappa shape index (κ2) is 5.60. The summed E-state index contributed by atoms with van der Waals surface area (Å²) < 4.78 is 0. The number of rotatable bonds is 5. The van der Waals surface area contributed by atoms with E-state index in [0.717, 1.165) is 16.8 Å². The molecule has 0 amide bonds. The molecule has 0 radical (unpaired) electrons. The maximum Gasteiger partial charge on any atom is 0.330 e. The molecule has 1 unspecified atom stereocenters. The molecule has 2 aromatic carbocycles. The van der Waals surface area contributed by atoms with Crippen LogP contribution in [0.3, 0.4) is 0 Å². The Morgan fingerprint density at radius 1 is 1.19 bits per heavy atom. The van der Waals surface area contributed by atoms with Gasteiger partial charge >= 0.3 is 5.97 Å². The van der Waals surface area contributed by atoms with Crippen molar-refractivity contribution in [2.24, 2.45) is 0 Å². The van der Waals surface area contributed by atoms with Crippen molar-refractivity contribution in [3.8, 4) is 0 Å². The highest BCUT2D eigenvalue weighted by Crippen LogP contribution is 2.40. The number of nitrogens with one attached hydrogen (secondary N) is 1. The van der Waals surface area contributed by atoms with Gasteiger partial charge in [0.15, 0.2) is 6.04 Å². The van der Waals surface area contributed by atoms with E-state index in [-0.39, 0.29) is 0 Å². The molecule has 2 aromatic rings. The standard InChI is InChI=1S/C18H19NO2/c1-12-5-2-3-8-16(12)19-17(18(20)21)15-7-4-6-14(11-15)13-9-10-13/h2-8,11,13,17,19H,9-10H2,1H3,(H,20,21). The summed E-state index contributed by atoms with van der Waals surface area (Å²) in [5, 5.41) is 12.7. The SMILES string of the molecule is Cc1ccccc1NC(C(=O)O)c1cccc(C2CC2)c1. The van der Waals surface area contributed by atoms with Gasteiger partial charge in [0.25, 0.3) is 0 Å². The van der Waals surface area contributed by atoms with Crippen LogP contribution in [0.4, 0.5) is 5.69 Å². The van der Waals surface area contributed by atoms with Crippen LogP contribution in [-0.2, 0) is 4.79 Å². The highest BCUT2D eigenvalue weighted by atomic mass is 16.4. The molecular formula is C18H19NO2. The topological polar surface area (TPSA) is 49.3 Å². The molecule has 21 heavy (non-hydrogen) atoms. The van der Waals surface area contributed by atoms with Crippen LogP contribution in [0, 0.1) is 6.92 Å². The van der Waals surface area contributed by atoms with Crippen LogP contribution in [0.2, 0.25) is 0 Å². The summed E-state index contributed by atoms with van der Waals surface area (Å²) in [6.07, 6.45) is 2.43. The van der Waals surface area contributed by atoms with E-state index >= 15 is 0 Å². The molecule has 0 heterocycles. The maximum absolute atomic E-state index is 11.6. The number of hydrogen-bond donors (Lipinski definition) is 2. The van der Waals surface area contributed by atoms with E-state index in [1.807, 2.05) is 49.4 Å². The first-order valence-electron chi connectivity index (χ1n) is 7.30. The summed E-state index contributed by atoms with van der Waals surface area (Å²) in [6, 6.07) is 15.0. The Bertz CT molecular complexity index is 662. The number of para-hydroxylation sites is 1. The molecule has 3 heteroatoms. The van der Waals surface area contributed by atoms with E-state index in [9.17, 15) is 9.90 Å². The van der Waals surface area contributed by atoms with Crippen molar-refractivity contribution in [2.75, 3.05) is 5.32 Å². The van der Waals surface area contributed by atoms with Gasteiger partial charge in [0.05, 0.1) is 0 Å². The minimum absolute atomic E-state index is 0.623. The van der Waals surface area contributed by atoms with Gasteiger partial charge < -0.3 is 10.4 Å².